The van der Waals surface area contributed by atoms with Gasteiger partial charge in [-0.1, -0.05) is 25.3 Å². The van der Waals surface area contributed by atoms with E-state index < -0.39 is 0 Å². The summed E-state index contributed by atoms with van der Waals surface area (Å²) in [7, 11) is 3.53. The second kappa shape index (κ2) is 5.89. The van der Waals surface area contributed by atoms with Crippen molar-refractivity contribution >= 4 is 5.91 Å². The Hall–Kier alpha value is -1.51. The minimum absolute atomic E-state index is 0.0980. The average Bonchev–Trinajstić information content (AvgIpc) is 2.46. The van der Waals surface area contributed by atoms with E-state index in [1.165, 1.54) is 19.3 Å². The Labute approximate surface area is 109 Å². The lowest BCUT2D eigenvalue weighted by atomic mass is 9.94. The van der Waals surface area contributed by atoms with Gasteiger partial charge in [0.15, 0.2) is 0 Å². The zero-order valence-electron chi connectivity index (χ0n) is 11.2. The number of carbonyl (C=O) groups is 1. The van der Waals surface area contributed by atoms with Gasteiger partial charge in [-0.3, -0.25) is 4.79 Å². The number of rotatable bonds is 3. The molecule has 0 saturated heterocycles. The Morgan fingerprint density at radius 3 is 2.67 bits per heavy atom. The van der Waals surface area contributed by atoms with Crippen LogP contribution in [0.3, 0.4) is 0 Å². The van der Waals surface area contributed by atoms with Gasteiger partial charge < -0.3 is 9.64 Å². The van der Waals surface area contributed by atoms with Crippen molar-refractivity contribution in [2.45, 2.75) is 38.1 Å². The minimum Gasteiger partial charge on any atom is -0.497 e. The number of benzene rings is 1. The first-order valence-electron chi connectivity index (χ1n) is 6.63. The molecular weight excluding hydrogens is 226 g/mol. The molecule has 1 aromatic rings. The fourth-order valence-corrected chi connectivity index (χ4v) is 2.59. The van der Waals surface area contributed by atoms with Crippen molar-refractivity contribution in [1.82, 2.24) is 4.90 Å². The largest absolute Gasteiger partial charge is 0.497 e. The molecule has 0 aliphatic heterocycles. The SMILES string of the molecule is COc1cccc(C(=O)N(C)C2CCCCC2)c1. The summed E-state index contributed by atoms with van der Waals surface area (Å²) < 4.78 is 5.16. The third-order valence-corrected chi connectivity index (χ3v) is 3.76. The molecule has 98 valence electrons. The molecule has 1 aliphatic carbocycles. The van der Waals surface area contributed by atoms with Crippen molar-refractivity contribution < 1.29 is 9.53 Å². The summed E-state index contributed by atoms with van der Waals surface area (Å²) in [6, 6.07) is 7.78. The van der Waals surface area contributed by atoms with Crippen LogP contribution in [0.1, 0.15) is 42.5 Å². The fraction of sp³-hybridized carbons (Fsp3) is 0.533. The molecule has 0 N–H and O–H groups in total. The normalized spacial score (nSPS) is 16.3. The van der Waals surface area contributed by atoms with E-state index >= 15 is 0 Å². The van der Waals surface area contributed by atoms with Crippen LogP contribution in [0, 0.1) is 0 Å². The number of hydrogen-bond donors (Lipinski definition) is 0. The number of ether oxygens (including phenoxy) is 1. The summed E-state index contributed by atoms with van der Waals surface area (Å²) in [5.41, 5.74) is 0.711. The molecule has 2 rings (SSSR count). The lowest BCUT2D eigenvalue weighted by molar-refractivity contribution is 0.0696. The lowest BCUT2D eigenvalue weighted by Gasteiger charge is -2.31. The summed E-state index contributed by atoms with van der Waals surface area (Å²) >= 11 is 0. The summed E-state index contributed by atoms with van der Waals surface area (Å²) in [4.78, 5) is 14.3. The van der Waals surface area contributed by atoms with Crippen LogP contribution in [0.2, 0.25) is 0 Å². The molecule has 0 unspecified atom stereocenters. The highest BCUT2D eigenvalue weighted by atomic mass is 16.5. The Balaban J connectivity index is 2.09. The van der Waals surface area contributed by atoms with E-state index in [1.54, 1.807) is 7.11 Å². The van der Waals surface area contributed by atoms with E-state index in [1.807, 2.05) is 36.2 Å². The smallest absolute Gasteiger partial charge is 0.253 e. The van der Waals surface area contributed by atoms with E-state index in [9.17, 15) is 4.79 Å². The van der Waals surface area contributed by atoms with Gasteiger partial charge in [0.1, 0.15) is 5.75 Å². The first-order valence-corrected chi connectivity index (χ1v) is 6.63. The van der Waals surface area contributed by atoms with Crippen molar-refractivity contribution in [3.63, 3.8) is 0 Å². The molecule has 0 aromatic heterocycles. The highest BCUT2D eigenvalue weighted by molar-refractivity contribution is 5.94. The molecule has 1 saturated carbocycles. The molecule has 1 fully saturated rings. The molecular formula is C15H21NO2. The van der Waals surface area contributed by atoms with Crippen LogP contribution in [-0.2, 0) is 0 Å². The second-order valence-corrected chi connectivity index (χ2v) is 4.94. The van der Waals surface area contributed by atoms with Crippen molar-refractivity contribution in [3.8, 4) is 5.75 Å². The van der Waals surface area contributed by atoms with E-state index in [2.05, 4.69) is 0 Å². The highest BCUT2D eigenvalue weighted by Crippen LogP contribution is 2.23. The predicted molar refractivity (Wildman–Crippen MR) is 72.0 cm³/mol. The van der Waals surface area contributed by atoms with Gasteiger partial charge in [0.25, 0.3) is 5.91 Å². The van der Waals surface area contributed by atoms with E-state index in [-0.39, 0.29) is 5.91 Å². The van der Waals surface area contributed by atoms with Crippen molar-refractivity contribution in [3.05, 3.63) is 29.8 Å². The molecule has 1 aromatic carbocycles. The third-order valence-electron chi connectivity index (χ3n) is 3.76. The van der Waals surface area contributed by atoms with Crippen LogP contribution >= 0.6 is 0 Å². The standard InChI is InChI=1S/C15H21NO2/c1-16(13-8-4-3-5-9-13)15(17)12-7-6-10-14(11-12)18-2/h6-7,10-11,13H,3-5,8-9H2,1-2H3. The van der Waals surface area contributed by atoms with Gasteiger partial charge in [-0.05, 0) is 31.0 Å². The van der Waals surface area contributed by atoms with Gasteiger partial charge in [-0.25, -0.2) is 0 Å². The molecule has 3 nitrogen and oxygen atoms in total. The first-order chi connectivity index (χ1) is 8.72. The average molecular weight is 247 g/mol. The Bertz CT molecular complexity index is 411. The Kier molecular flexibility index (Phi) is 4.24. The molecule has 18 heavy (non-hydrogen) atoms. The van der Waals surface area contributed by atoms with E-state index in [0.29, 0.717) is 11.6 Å². The lowest BCUT2D eigenvalue weighted by Crippen LogP contribution is -2.38. The van der Waals surface area contributed by atoms with E-state index in [0.717, 1.165) is 18.6 Å². The number of carbonyl (C=O) groups excluding carboxylic acids is 1. The monoisotopic (exact) mass is 247 g/mol. The van der Waals surface area contributed by atoms with Crippen LogP contribution in [0.25, 0.3) is 0 Å². The third kappa shape index (κ3) is 2.84. The molecule has 0 bridgehead atoms. The van der Waals surface area contributed by atoms with Gasteiger partial charge in [0, 0.05) is 18.7 Å². The maximum atomic E-state index is 12.4. The number of amides is 1. The zero-order valence-corrected chi connectivity index (χ0v) is 11.2. The van der Waals surface area contributed by atoms with Crippen molar-refractivity contribution in [1.29, 1.82) is 0 Å². The van der Waals surface area contributed by atoms with Crippen LogP contribution < -0.4 is 4.74 Å². The minimum atomic E-state index is 0.0980. The van der Waals surface area contributed by atoms with Crippen LogP contribution in [0.5, 0.6) is 5.75 Å². The van der Waals surface area contributed by atoms with Crippen molar-refractivity contribution in [2.75, 3.05) is 14.2 Å². The zero-order chi connectivity index (χ0) is 13.0. The van der Waals surface area contributed by atoms with E-state index in [4.69, 9.17) is 4.74 Å². The molecule has 1 amide bonds. The van der Waals surface area contributed by atoms with Gasteiger partial charge in [0.05, 0.1) is 7.11 Å². The van der Waals surface area contributed by atoms with Gasteiger partial charge >= 0.3 is 0 Å². The first kappa shape index (κ1) is 12.9. The maximum absolute atomic E-state index is 12.4. The summed E-state index contributed by atoms with van der Waals surface area (Å²) in [5, 5.41) is 0. The van der Waals surface area contributed by atoms with Crippen molar-refractivity contribution in [2.24, 2.45) is 0 Å². The Morgan fingerprint density at radius 2 is 2.00 bits per heavy atom. The number of nitrogens with zero attached hydrogens (tertiary/aromatic N) is 1. The van der Waals surface area contributed by atoms with Crippen LogP contribution in [0.15, 0.2) is 24.3 Å². The maximum Gasteiger partial charge on any atom is 0.253 e. The Morgan fingerprint density at radius 1 is 1.28 bits per heavy atom. The van der Waals surface area contributed by atoms with Gasteiger partial charge in [-0.15, -0.1) is 0 Å². The summed E-state index contributed by atoms with van der Waals surface area (Å²) in [6.07, 6.45) is 6.04. The molecule has 0 heterocycles. The van der Waals surface area contributed by atoms with Gasteiger partial charge in [-0.2, -0.15) is 0 Å². The topological polar surface area (TPSA) is 29.5 Å². The number of methoxy groups -OCH3 is 1. The number of hydrogen-bond acceptors (Lipinski definition) is 2. The highest BCUT2D eigenvalue weighted by Gasteiger charge is 2.22. The van der Waals surface area contributed by atoms with Gasteiger partial charge in [0.2, 0.25) is 0 Å². The summed E-state index contributed by atoms with van der Waals surface area (Å²) in [6.45, 7) is 0. The molecule has 0 spiro atoms. The predicted octanol–water partition coefficient (Wildman–Crippen LogP) is 3.10. The van der Waals surface area contributed by atoms with Crippen LogP contribution in [0.4, 0.5) is 0 Å². The fourth-order valence-electron chi connectivity index (χ4n) is 2.59. The molecule has 1 aliphatic rings. The molecule has 3 heteroatoms. The van der Waals surface area contributed by atoms with Crippen LogP contribution in [-0.4, -0.2) is 31.0 Å². The summed E-state index contributed by atoms with van der Waals surface area (Å²) in [5.74, 6) is 0.832. The quantitative estimate of drug-likeness (QED) is 0.821. The molecule has 0 radical (unpaired) electrons. The second-order valence-electron chi connectivity index (χ2n) is 4.94. The molecule has 0 atom stereocenters.